The summed E-state index contributed by atoms with van der Waals surface area (Å²) in [7, 11) is 1.16. The zero-order valence-electron chi connectivity index (χ0n) is 12.5. The van der Waals surface area contributed by atoms with Crippen molar-refractivity contribution in [3.63, 3.8) is 0 Å². The number of carbonyl (C=O) groups is 2. The Morgan fingerprint density at radius 1 is 1.13 bits per heavy atom. The highest BCUT2D eigenvalue weighted by molar-refractivity contribution is 6.06. The maximum absolute atomic E-state index is 12.3. The second-order valence-electron chi connectivity index (χ2n) is 4.79. The van der Waals surface area contributed by atoms with E-state index in [0.717, 1.165) is 24.8 Å². The number of ether oxygens (including phenoxy) is 1. The predicted molar refractivity (Wildman–Crippen MR) is 83.6 cm³/mol. The Labute approximate surface area is 132 Å². The number of nitro groups is 1. The maximum Gasteiger partial charge on any atom is 0.338 e. The van der Waals surface area contributed by atoms with Gasteiger partial charge in [0.05, 0.1) is 17.6 Å². The van der Waals surface area contributed by atoms with Crippen molar-refractivity contribution in [2.75, 3.05) is 12.4 Å². The third-order valence-electron chi connectivity index (χ3n) is 3.21. The number of hydrogen-bond acceptors (Lipinski definition) is 5. The first-order valence-electron chi connectivity index (χ1n) is 6.67. The lowest BCUT2D eigenvalue weighted by Crippen LogP contribution is -2.14. The summed E-state index contributed by atoms with van der Waals surface area (Å²) >= 11 is 0. The van der Waals surface area contributed by atoms with Crippen molar-refractivity contribution in [2.24, 2.45) is 0 Å². The standard InChI is InChI=1S/C16H14N2O5/c1-10-5-3-4-6-14(10)17-15(19)11-7-12(16(20)23-2)9-13(8-11)18(21)22/h3-9H,1-2H3,(H,17,19). The average Bonchev–Trinajstić information content (AvgIpc) is 2.55. The van der Waals surface area contributed by atoms with E-state index < -0.39 is 16.8 Å². The molecule has 0 fully saturated rings. The molecule has 118 valence electrons. The van der Waals surface area contributed by atoms with Crippen molar-refractivity contribution < 1.29 is 19.2 Å². The van der Waals surface area contributed by atoms with Gasteiger partial charge in [0.15, 0.2) is 0 Å². The molecule has 7 nitrogen and oxygen atoms in total. The monoisotopic (exact) mass is 314 g/mol. The number of amides is 1. The van der Waals surface area contributed by atoms with Gasteiger partial charge in [-0.2, -0.15) is 0 Å². The molecule has 0 saturated carbocycles. The number of rotatable bonds is 4. The first-order valence-corrected chi connectivity index (χ1v) is 6.67. The van der Waals surface area contributed by atoms with Gasteiger partial charge >= 0.3 is 5.97 Å². The van der Waals surface area contributed by atoms with Crippen LogP contribution in [0.15, 0.2) is 42.5 Å². The number of anilines is 1. The van der Waals surface area contributed by atoms with Crippen molar-refractivity contribution in [3.8, 4) is 0 Å². The highest BCUT2D eigenvalue weighted by Gasteiger charge is 2.18. The van der Waals surface area contributed by atoms with Crippen LogP contribution >= 0.6 is 0 Å². The number of nitrogens with one attached hydrogen (secondary N) is 1. The summed E-state index contributed by atoms with van der Waals surface area (Å²) < 4.78 is 4.55. The molecule has 0 spiro atoms. The van der Waals surface area contributed by atoms with Crippen LogP contribution in [-0.4, -0.2) is 23.9 Å². The number of esters is 1. The second-order valence-corrected chi connectivity index (χ2v) is 4.79. The Morgan fingerprint density at radius 2 is 1.78 bits per heavy atom. The molecule has 0 saturated heterocycles. The zero-order valence-corrected chi connectivity index (χ0v) is 12.5. The van der Waals surface area contributed by atoms with Crippen molar-refractivity contribution in [2.45, 2.75) is 6.92 Å². The Kier molecular flexibility index (Phi) is 4.70. The molecule has 1 N–H and O–H groups in total. The summed E-state index contributed by atoms with van der Waals surface area (Å²) in [5.41, 5.74) is 1.02. The van der Waals surface area contributed by atoms with Crippen molar-refractivity contribution in [1.29, 1.82) is 0 Å². The number of non-ortho nitro benzene ring substituents is 1. The molecule has 0 atom stereocenters. The third-order valence-corrected chi connectivity index (χ3v) is 3.21. The van der Waals surface area contributed by atoms with E-state index >= 15 is 0 Å². The van der Waals surface area contributed by atoms with E-state index in [1.165, 1.54) is 6.07 Å². The summed E-state index contributed by atoms with van der Waals surface area (Å²) in [6, 6.07) is 10.6. The Balaban J connectivity index is 2.39. The number of nitro benzene ring substituents is 1. The zero-order chi connectivity index (χ0) is 17.0. The van der Waals surface area contributed by atoms with Gasteiger partial charge in [0.1, 0.15) is 0 Å². The molecule has 1 amide bonds. The summed E-state index contributed by atoms with van der Waals surface area (Å²) in [5.74, 6) is -1.30. The molecule has 7 heteroatoms. The second kappa shape index (κ2) is 6.69. The van der Waals surface area contributed by atoms with Crippen LogP contribution in [0, 0.1) is 17.0 Å². The van der Waals surface area contributed by atoms with Gasteiger partial charge < -0.3 is 10.1 Å². The largest absolute Gasteiger partial charge is 0.465 e. The van der Waals surface area contributed by atoms with Gasteiger partial charge in [-0.05, 0) is 24.6 Å². The van der Waals surface area contributed by atoms with Crippen LogP contribution in [0.25, 0.3) is 0 Å². The van der Waals surface area contributed by atoms with Gasteiger partial charge in [-0.3, -0.25) is 14.9 Å². The number of benzene rings is 2. The molecule has 0 aromatic heterocycles. The van der Waals surface area contributed by atoms with Crippen LogP contribution in [-0.2, 0) is 4.74 Å². The van der Waals surface area contributed by atoms with E-state index in [4.69, 9.17) is 0 Å². The third kappa shape index (κ3) is 3.70. The van der Waals surface area contributed by atoms with Crippen molar-refractivity contribution >= 4 is 23.3 Å². The molecule has 2 aromatic rings. The van der Waals surface area contributed by atoms with E-state index in [1.54, 1.807) is 12.1 Å². The molecule has 0 heterocycles. The summed E-state index contributed by atoms with van der Waals surface area (Å²) in [6.45, 7) is 1.82. The first kappa shape index (κ1) is 16.2. The Bertz CT molecular complexity index is 786. The van der Waals surface area contributed by atoms with E-state index in [9.17, 15) is 19.7 Å². The SMILES string of the molecule is COC(=O)c1cc(C(=O)Nc2ccccc2C)cc([N+](=O)[O-])c1. The predicted octanol–water partition coefficient (Wildman–Crippen LogP) is 2.94. The summed E-state index contributed by atoms with van der Waals surface area (Å²) in [5, 5.41) is 13.6. The molecule has 0 radical (unpaired) electrons. The smallest absolute Gasteiger partial charge is 0.338 e. The van der Waals surface area contributed by atoms with Crippen LogP contribution in [0.4, 0.5) is 11.4 Å². The molecule has 0 aliphatic heterocycles. The molecule has 0 aliphatic carbocycles. The fourth-order valence-electron chi connectivity index (χ4n) is 1.99. The number of hydrogen-bond donors (Lipinski definition) is 1. The lowest BCUT2D eigenvalue weighted by Gasteiger charge is -2.09. The number of para-hydroxylation sites is 1. The van der Waals surface area contributed by atoms with Crippen molar-refractivity contribution in [3.05, 3.63) is 69.3 Å². The highest BCUT2D eigenvalue weighted by atomic mass is 16.6. The molecule has 0 unspecified atom stereocenters. The summed E-state index contributed by atoms with van der Waals surface area (Å²) in [6.07, 6.45) is 0. The lowest BCUT2D eigenvalue weighted by molar-refractivity contribution is -0.384. The fraction of sp³-hybridized carbons (Fsp3) is 0.125. The fourth-order valence-corrected chi connectivity index (χ4v) is 1.99. The maximum atomic E-state index is 12.3. The molecule has 0 bridgehead atoms. The summed E-state index contributed by atoms with van der Waals surface area (Å²) in [4.78, 5) is 34.2. The normalized spacial score (nSPS) is 10.0. The van der Waals surface area contributed by atoms with Gasteiger partial charge in [0.2, 0.25) is 0 Å². The Hall–Kier alpha value is -3.22. The van der Waals surface area contributed by atoms with Gasteiger partial charge in [0.25, 0.3) is 11.6 Å². The topological polar surface area (TPSA) is 98.5 Å². The van der Waals surface area contributed by atoms with Crippen LogP contribution in [0.1, 0.15) is 26.3 Å². The van der Waals surface area contributed by atoms with Gasteiger partial charge in [-0.25, -0.2) is 4.79 Å². The van der Waals surface area contributed by atoms with Gasteiger partial charge in [-0.1, -0.05) is 18.2 Å². The molecular weight excluding hydrogens is 300 g/mol. The van der Waals surface area contributed by atoms with Crippen LogP contribution in [0.5, 0.6) is 0 Å². The number of carbonyl (C=O) groups excluding carboxylic acids is 2. The number of nitrogens with zero attached hydrogens (tertiary/aromatic N) is 1. The average molecular weight is 314 g/mol. The minimum atomic E-state index is -0.751. The van der Waals surface area contributed by atoms with Crippen LogP contribution in [0.3, 0.4) is 0 Å². The molecule has 0 aliphatic rings. The van der Waals surface area contributed by atoms with E-state index in [0.29, 0.717) is 5.69 Å². The minimum Gasteiger partial charge on any atom is -0.465 e. The number of aryl methyl sites for hydroxylation is 1. The quantitative estimate of drug-likeness (QED) is 0.531. The van der Waals surface area contributed by atoms with E-state index in [1.807, 2.05) is 19.1 Å². The van der Waals surface area contributed by atoms with Crippen LogP contribution < -0.4 is 5.32 Å². The molecule has 23 heavy (non-hydrogen) atoms. The van der Waals surface area contributed by atoms with Gasteiger partial charge in [0, 0.05) is 23.4 Å². The molecule has 2 aromatic carbocycles. The number of methoxy groups -OCH3 is 1. The minimum absolute atomic E-state index is 0.00264. The van der Waals surface area contributed by atoms with Crippen molar-refractivity contribution in [1.82, 2.24) is 0 Å². The molecule has 2 rings (SSSR count). The highest BCUT2D eigenvalue weighted by Crippen LogP contribution is 2.20. The molecular formula is C16H14N2O5. The lowest BCUT2D eigenvalue weighted by atomic mass is 10.1. The first-order chi connectivity index (χ1) is 10.9. The van der Waals surface area contributed by atoms with Gasteiger partial charge in [-0.15, -0.1) is 0 Å². The van der Waals surface area contributed by atoms with Crippen LogP contribution in [0.2, 0.25) is 0 Å². The van der Waals surface area contributed by atoms with E-state index in [2.05, 4.69) is 10.1 Å². The van der Waals surface area contributed by atoms with E-state index in [-0.39, 0.29) is 16.8 Å². The Morgan fingerprint density at radius 3 is 2.39 bits per heavy atom.